The molecule has 1 fully saturated rings. The van der Waals surface area contributed by atoms with Crippen LogP contribution in [0.5, 0.6) is 11.5 Å². The monoisotopic (exact) mass is 263 g/mol. The van der Waals surface area contributed by atoms with E-state index in [0.717, 1.165) is 0 Å². The minimum atomic E-state index is -0.397. The van der Waals surface area contributed by atoms with Crippen LogP contribution in [0.25, 0.3) is 0 Å². The van der Waals surface area contributed by atoms with Crippen molar-refractivity contribution in [1.29, 1.82) is 0 Å². The second-order valence-corrected chi connectivity index (χ2v) is 4.86. The lowest BCUT2D eigenvalue weighted by molar-refractivity contribution is -0.121. The fourth-order valence-corrected chi connectivity index (χ4v) is 2.37. The first-order chi connectivity index (χ1) is 9.00. The largest absolute Gasteiger partial charge is 0.504 e. The molecule has 0 unspecified atom stereocenters. The maximum atomic E-state index is 12.3. The molecule has 0 spiro atoms. The van der Waals surface area contributed by atoms with E-state index in [0.29, 0.717) is 25.7 Å². The summed E-state index contributed by atoms with van der Waals surface area (Å²) in [5.41, 5.74) is 0.0828. The van der Waals surface area contributed by atoms with Gasteiger partial charge in [-0.1, -0.05) is 6.07 Å². The second-order valence-electron chi connectivity index (χ2n) is 4.86. The molecule has 0 atom stereocenters. The smallest absolute Gasteiger partial charge is 0.257 e. The number of benzene rings is 1. The first kappa shape index (κ1) is 13.4. The van der Waals surface area contributed by atoms with Crippen molar-refractivity contribution in [3.63, 3.8) is 0 Å². The number of ketones is 1. The maximum absolute atomic E-state index is 12.3. The van der Waals surface area contributed by atoms with Crippen LogP contribution in [0.15, 0.2) is 18.2 Å². The van der Waals surface area contributed by atoms with E-state index in [4.69, 9.17) is 0 Å². The van der Waals surface area contributed by atoms with Crippen molar-refractivity contribution >= 4 is 11.7 Å². The summed E-state index contributed by atoms with van der Waals surface area (Å²) in [7, 11) is 1.66. The number of carbonyl (C=O) groups excluding carboxylic acids is 2. The van der Waals surface area contributed by atoms with E-state index < -0.39 is 5.75 Å². The maximum Gasteiger partial charge on any atom is 0.257 e. The van der Waals surface area contributed by atoms with E-state index in [-0.39, 0.29) is 29.0 Å². The molecule has 1 aliphatic rings. The standard InChI is InChI=1S/C14H17NO4/c1-15(9-5-7-10(16)8-6-9)14(19)11-3-2-4-12(17)13(11)18/h2-4,9,17-18H,5-8H2,1H3. The van der Waals surface area contributed by atoms with Gasteiger partial charge in [-0.2, -0.15) is 0 Å². The number of Topliss-reactive ketones (excluding diaryl/α,β-unsaturated/α-hetero) is 1. The molecule has 1 aromatic rings. The summed E-state index contributed by atoms with van der Waals surface area (Å²) >= 11 is 0. The molecule has 0 bridgehead atoms. The summed E-state index contributed by atoms with van der Waals surface area (Å²) < 4.78 is 0. The molecule has 0 heterocycles. The third-order valence-corrected chi connectivity index (χ3v) is 3.63. The van der Waals surface area contributed by atoms with Gasteiger partial charge in [0.05, 0.1) is 5.56 Å². The van der Waals surface area contributed by atoms with Gasteiger partial charge >= 0.3 is 0 Å². The van der Waals surface area contributed by atoms with E-state index in [2.05, 4.69) is 0 Å². The summed E-state index contributed by atoms with van der Waals surface area (Å²) in [6.45, 7) is 0. The number of hydrogen-bond donors (Lipinski definition) is 2. The van der Waals surface area contributed by atoms with E-state index in [9.17, 15) is 19.8 Å². The Balaban J connectivity index is 2.15. The zero-order chi connectivity index (χ0) is 14.0. The zero-order valence-corrected chi connectivity index (χ0v) is 10.8. The first-order valence-electron chi connectivity index (χ1n) is 6.30. The number of hydrogen-bond acceptors (Lipinski definition) is 4. The SMILES string of the molecule is CN(C(=O)c1cccc(O)c1O)C1CCC(=O)CC1. The minimum Gasteiger partial charge on any atom is -0.504 e. The van der Waals surface area contributed by atoms with Crippen LogP contribution in [-0.2, 0) is 4.79 Å². The lowest BCUT2D eigenvalue weighted by Gasteiger charge is -2.31. The van der Waals surface area contributed by atoms with Crippen LogP contribution >= 0.6 is 0 Å². The molecule has 0 aliphatic heterocycles. The Morgan fingerprint density at radius 3 is 2.53 bits per heavy atom. The van der Waals surface area contributed by atoms with E-state index in [1.807, 2.05) is 0 Å². The fourth-order valence-electron chi connectivity index (χ4n) is 2.37. The number of rotatable bonds is 2. The molecular formula is C14H17NO4. The molecule has 1 aromatic carbocycles. The van der Waals surface area contributed by atoms with Crippen LogP contribution in [0.3, 0.4) is 0 Å². The van der Waals surface area contributed by atoms with Crippen molar-refractivity contribution < 1.29 is 19.8 Å². The average molecular weight is 263 g/mol. The number of nitrogens with zero attached hydrogens (tertiary/aromatic N) is 1. The Kier molecular flexibility index (Phi) is 3.74. The van der Waals surface area contributed by atoms with Crippen LogP contribution in [-0.4, -0.2) is 39.9 Å². The third kappa shape index (κ3) is 2.70. The first-order valence-corrected chi connectivity index (χ1v) is 6.30. The van der Waals surface area contributed by atoms with Crippen molar-refractivity contribution in [2.45, 2.75) is 31.7 Å². The van der Waals surface area contributed by atoms with Gasteiger partial charge in [-0.15, -0.1) is 0 Å². The summed E-state index contributed by atoms with van der Waals surface area (Å²) in [4.78, 5) is 25.0. The van der Waals surface area contributed by atoms with Crippen molar-refractivity contribution in [2.75, 3.05) is 7.05 Å². The van der Waals surface area contributed by atoms with Gasteiger partial charge in [0.1, 0.15) is 5.78 Å². The molecule has 19 heavy (non-hydrogen) atoms. The number of phenols is 2. The van der Waals surface area contributed by atoms with Crippen LogP contribution in [0.1, 0.15) is 36.0 Å². The second kappa shape index (κ2) is 5.30. The Labute approximate surface area is 111 Å². The zero-order valence-electron chi connectivity index (χ0n) is 10.8. The number of para-hydroxylation sites is 1. The number of aromatic hydroxyl groups is 2. The van der Waals surface area contributed by atoms with Gasteiger partial charge in [0.25, 0.3) is 5.91 Å². The molecule has 102 valence electrons. The molecule has 1 aliphatic carbocycles. The van der Waals surface area contributed by atoms with Crippen molar-refractivity contribution in [3.8, 4) is 11.5 Å². The molecule has 5 nitrogen and oxygen atoms in total. The van der Waals surface area contributed by atoms with Crippen LogP contribution < -0.4 is 0 Å². The van der Waals surface area contributed by atoms with Crippen LogP contribution in [0, 0.1) is 0 Å². The minimum absolute atomic E-state index is 0.00643. The molecule has 2 rings (SSSR count). The van der Waals surface area contributed by atoms with Gasteiger partial charge < -0.3 is 15.1 Å². The molecule has 5 heteroatoms. The summed E-state index contributed by atoms with van der Waals surface area (Å²) in [5.74, 6) is -0.811. The van der Waals surface area contributed by atoms with Crippen molar-refractivity contribution in [2.24, 2.45) is 0 Å². The topological polar surface area (TPSA) is 77.8 Å². The van der Waals surface area contributed by atoms with Crippen molar-refractivity contribution in [3.05, 3.63) is 23.8 Å². The Morgan fingerprint density at radius 1 is 1.26 bits per heavy atom. The van der Waals surface area contributed by atoms with Crippen LogP contribution in [0.4, 0.5) is 0 Å². The van der Waals surface area contributed by atoms with E-state index in [1.165, 1.54) is 18.2 Å². The molecule has 1 saturated carbocycles. The Bertz CT molecular complexity index is 502. The number of amides is 1. The summed E-state index contributed by atoms with van der Waals surface area (Å²) in [6, 6.07) is 4.32. The van der Waals surface area contributed by atoms with Crippen LogP contribution in [0.2, 0.25) is 0 Å². The highest BCUT2D eigenvalue weighted by atomic mass is 16.3. The van der Waals surface area contributed by atoms with E-state index in [1.54, 1.807) is 11.9 Å². The van der Waals surface area contributed by atoms with Gasteiger partial charge in [-0.25, -0.2) is 0 Å². The highest BCUT2D eigenvalue weighted by molar-refractivity contribution is 5.97. The molecule has 2 N–H and O–H groups in total. The average Bonchev–Trinajstić information content (AvgIpc) is 2.41. The lowest BCUT2D eigenvalue weighted by Crippen LogP contribution is -2.39. The third-order valence-electron chi connectivity index (χ3n) is 3.63. The van der Waals surface area contributed by atoms with Gasteiger partial charge in [0.15, 0.2) is 11.5 Å². The molecule has 0 saturated heterocycles. The normalized spacial score (nSPS) is 16.4. The summed E-state index contributed by atoms with van der Waals surface area (Å²) in [5, 5.41) is 19.1. The molecular weight excluding hydrogens is 246 g/mol. The van der Waals surface area contributed by atoms with Crippen molar-refractivity contribution in [1.82, 2.24) is 4.90 Å². The highest BCUT2D eigenvalue weighted by Crippen LogP contribution is 2.30. The lowest BCUT2D eigenvalue weighted by atomic mass is 9.93. The molecule has 0 aromatic heterocycles. The fraction of sp³-hybridized carbons (Fsp3) is 0.429. The Morgan fingerprint density at radius 2 is 1.89 bits per heavy atom. The van der Waals surface area contributed by atoms with Gasteiger partial charge in [0, 0.05) is 25.9 Å². The van der Waals surface area contributed by atoms with Gasteiger partial charge in [0.2, 0.25) is 0 Å². The molecule has 1 amide bonds. The summed E-state index contributed by atoms with van der Waals surface area (Å²) in [6.07, 6.45) is 2.30. The quantitative estimate of drug-likeness (QED) is 0.796. The Hall–Kier alpha value is -2.04. The predicted octanol–water partition coefficient (Wildman–Crippen LogP) is 1.68. The van der Waals surface area contributed by atoms with E-state index >= 15 is 0 Å². The predicted molar refractivity (Wildman–Crippen MR) is 69.1 cm³/mol. The van der Waals surface area contributed by atoms with Gasteiger partial charge in [-0.3, -0.25) is 9.59 Å². The number of phenolic OH excluding ortho intramolecular Hbond substituents is 2. The van der Waals surface area contributed by atoms with Gasteiger partial charge in [-0.05, 0) is 25.0 Å². The highest BCUT2D eigenvalue weighted by Gasteiger charge is 2.27. The molecule has 0 radical (unpaired) electrons. The number of carbonyl (C=O) groups is 2.